The van der Waals surface area contributed by atoms with Crippen molar-refractivity contribution in [1.82, 2.24) is 15.5 Å². The summed E-state index contributed by atoms with van der Waals surface area (Å²) in [7, 11) is 0. The molecule has 1 rings (SSSR count). The molecule has 1 N–H and O–H groups in total. The smallest absolute Gasteiger partial charge is 0.230 e. The van der Waals surface area contributed by atoms with Crippen LogP contribution in [0.1, 0.15) is 5.82 Å². The van der Waals surface area contributed by atoms with Crippen LogP contribution in [0.4, 0.5) is 0 Å². The second-order valence-electron chi connectivity index (χ2n) is 1.78. The predicted octanol–water partition coefficient (Wildman–Crippen LogP) is -0.384. The van der Waals surface area contributed by atoms with E-state index in [2.05, 4.69) is 32.6 Å². The van der Waals surface area contributed by atoms with Gasteiger partial charge in [-0.15, -0.1) is 0 Å². The van der Waals surface area contributed by atoms with Gasteiger partial charge in [-0.1, -0.05) is 5.16 Å². The molecule has 1 aromatic rings. The van der Waals surface area contributed by atoms with E-state index in [-0.39, 0.29) is 18.2 Å². The number of hydrogen-bond acceptors (Lipinski definition) is 5. The lowest BCUT2D eigenvalue weighted by molar-refractivity contribution is -0.118. The Hall–Kier alpha value is -1.04. The van der Waals surface area contributed by atoms with Crippen molar-refractivity contribution in [3.05, 3.63) is 12.2 Å². The van der Waals surface area contributed by atoms with E-state index in [1.54, 1.807) is 0 Å². The van der Waals surface area contributed by atoms with Gasteiger partial charge in [-0.3, -0.25) is 4.79 Å². The number of hydrogen-bond donors (Lipinski definition) is 2. The molecule has 6 heteroatoms. The number of nitrogens with one attached hydrogen (secondary N) is 1. The van der Waals surface area contributed by atoms with Crippen molar-refractivity contribution in [3.63, 3.8) is 0 Å². The van der Waals surface area contributed by atoms with E-state index in [4.69, 9.17) is 0 Å². The second kappa shape index (κ2) is 3.97. The Bertz CT molecular complexity index is 224. The molecule has 0 atom stereocenters. The quantitative estimate of drug-likeness (QED) is 0.611. The molecular formula is C5H7N3O2S. The van der Waals surface area contributed by atoms with Crippen molar-refractivity contribution in [3.8, 4) is 0 Å². The van der Waals surface area contributed by atoms with Crippen molar-refractivity contribution in [2.45, 2.75) is 6.54 Å². The summed E-state index contributed by atoms with van der Waals surface area (Å²) >= 11 is 3.77. The highest BCUT2D eigenvalue weighted by molar-refractivity contribution is 7.81. The fraction of sp³-hybridized carbons (Fsp3) is 0.400. The Labute approximate surface area is 68.6 Å². The molecule has 0 bridgehead atoms. The molecule has 0 aliphatic rings. The Morgan fingerprint density at radius 2 is 2.64 bits per heavy atom. The summed E-state index contributed by atoms with van der Waals surface area (Å²) in [5.74, 6) is 0.468. The third-order valence-electron chi connectivity index (χ3n) is 0.994. The van der Waals surface area contributed by atoms with E-state index in [9.17, 15) is 4.79 Å². The molecule has 0 aromatic carbocycles. The molecule has 0 spiro atoms. The Kier molecular flexibility index (Phi) is 2.91. The van der Waals surface area contributed by atoms with Crippen LogP contribution in [0.2, 0.25) is 0 Å². The summed E-state index contributed by atoms with van der Waals surface area (Å²) in [6, 6.07) is 0. The fourth-order valence-corrected chi connectivity index (χ4v) is 0.616. The highest BCUT2D eigenvalue weighted by Gasteiger charge is 2.00. The molecule has 0 radical (unpaired) electrons. The van der Waals surface area contributed by atoms with Crippen LogP contribution in [-0.4, -0.2) is 21.8 Å². The van der Waals surface area contributed by atoms with E-state index in [0.717, 1.165) is 0 Å². The minimum Gasteiger partial charge on any atom is -0.348 e. The first-order chi connectivity index (χ1) is 5.33. The third-order valence-corrected chi connectivity index (χ3v) is 1.28. The van der Waals surface area contributed by atoms with Gasteiger partial charge in [0.15, 0.2) is 5.82 Å². The van der Waals surface area contributed by atoms with Crippen LogP contribution in [0, 0.1) is 0 Å². The average molecular weight is 173 g/mol. The molecule has 1 heterocycles. The van der Waals surface area contributed by atoms with Gasteiger partial charge in [-0.05, 0) is 0 Å². The highest BCUT2D eigenvalue weighted by Crippen LogP contribution is 1.86. The van der Waals surface area contributed by atoms with Gasteiger partial charge in [0.25, 0.3) is 0 Å². The van der Waals surface area contributed by atoms with Crippen LogP contribution >= 0.6 is 12.6 Å². The number of nitrogens with zero attached hydrogens (tertiary/aromatic N) is 2. The van der Waals surface area contributed by atoms with Gasteiger partial charge in [0.05, 0.1) is 12.3 Å². The van der Waals surface area contributed by atoms with Crippen LogP contribution in [0.15, 0.2) is 10.9 Å². The molecule has 0 aliphatic carbocycles. The number of aromatic nitrogens is 2. The van der Waals surface area contributed by atoms with Gasteiger partial charge in [-0.2, -0.15) is 17.6 Å². The van der Waals surface area contributed by atoms with Gasteiger partial charge in [0.2, 0.25) is 12.3 Å². The summed E-state index contributed by atoms with van der Waals surface area (Å²) in [5, 5.41) is 6.03. The fourth-order valence-electron chi connectivity index (χ4n) is 0.504. The molecule has 11 heavy (non-hydrogen) atoms. The maximum Gasteiger partial charge on any atom is 0.230 e. The van der Waals surface area contributed by atoms with Gasteiger partial charge in [0, 0.05) is 0 Å². The SMILES string of the molecule is O=C(CS)NCc1ncon1. The number of carbonyl (C=O) groups excluding carboxylic acids is 1. The first kappa shape index (κ1) is 8.06. The molecule has 0 fully saturated rings. The van der Waals surface area contributed by atoms with Crippen LogP contribution in [0.25, 0.3) is 0 Å². The zero-order valence-corrected chi connectivity index (χ0v) is 6.54. The Balaban J connectivity index is 2.29. The number of thiol groups is 1. The van der Waals surface area contributed by atoms with Crippen LogP contribution in [0.5, 0.6) is 0 Å². The van der Waals surface area contributed by atoms with E-state index in [1.165, 1.54) is 6.39 Å². The van der Waals surface area contributed by atoms with Gasteiger partial charge >= 0.3 is 0 Å². The first-order valence-corrected chi connectivity index (χ1v) is 3.59. The number of amides is 1. The Morgan fingerprint density at radius 1 is 1.82 bits per heavy atom. The topological polar surface area (TPSA) is 68.0 Å². The molecule has 0 saturated carbocycles. The zero-order valence-electron chi connectivity index (χ0n) is 5.65. The highest BCUT2D eigenvalue weighted by atomic mass is 32.1. The molecule has 0 aliphatic heterocycles. The van der Waals surface area contributed by atoms with E-state index >= 15 is 0 Å². The largest absolute Gasteiger partial charge is 0.348 e. The van der Waals surface area contributed by atoms with Gasteiger partial charge in [-0.25, -0.2) is 0 Å². The lowest BCUT2D eigenvalue weighted by atomic mass is 10.5. The standard InChI is InChI=1S/C5H7N3O2S/c9-5(2-11)6-1-4-7-3-10-8-4/h3,11H,1-2H2,(H,6,9). The number of carbonyl (C=O) groups is 1. The van der Waals surface area contributed by atoms with Crippen LogP contribution in [0.3, 0.4) is 0 Å². The lowest BCUT2D eigenvalue weighted by Crippen LogP contribution is -2.24. The first-order valence-electron chi connectivity index (χ1n) is 2.95. The zero-order chi connectivity index (χ0) is 8.10. The van der Waals surface area contributed by atoms with E-state index in [1.807, 2.05) is 0 Å². The van der Waals surface area contributed by atoms with Crippen molar-refractivity contribution in [2.24, 2.45) is 0 Å². The molecule has 1 aromatic heterocycles. The molecule has 1 amide bonds. The molecular weight excluding hydrogens is 166 g/mol. The normalized spacial score (nSPS) is 9.55. The molecule has 60 valence electrons. The van der Waals surface area contributed by atoms with E-state index in [0.29, 0.717) is 5.82 Å². The number of rotatable bonds is 3. The summed E-state index contributed by atoms with van der Waals surface area (Å²) in [4.78, 5) is 14.3. The predicted molar refractivity (Wildman–Crippen MR) is 40.0 cm³/mol. The molecule has 0 saturated heterocycles. The summed E-state index contributed by atoms with van der Waals surface area (Å²) < 4.78 is 4.45. The summed E-state index contributed by atoms with van der Waals surface area (Å²) in [6.07, 6.45) is 1.21. The monoisotopic (exact) mass is 173 g/mol. The van der Waals surface area contributed by atoms with Crippen LogP contribution in [-0.2, 0) is 11.3 Å². The van der Waals surface area contributed by atoms with Crippen molar-refractivity contribution < 1.29 is 9.32 Å². The van der Waals surface area contributed by atoms with Crippen molar-refractivity contribution in [1.29, 1.82) is 0 Å². The van der Waals surface area contributed by atoms with Crippen molar-refractivity contribution >= 4 is 18.5 Å². The summed E-state index contributed by atoms with van der Waals surface area (Å²) in [6.45, 7) is 0.288. The maximum atomic E-state index is 10.6. The second-order valence-corrected chi connectivity index (χ2v) is 2.10. The molecule has 0 unspecified atom stereocenters. The van der Waals surface area contributed by atoms with Gasteiger partial charge < -0.3 is 9.84 Å². The van der Waals surface area contributed by atoms with E-state index < -0.39 is 0 Å². The third kappa shape index (κ3) is 2.58. The van der Waals surface area contributed by atoms with Gasteiger partial charge in [0.1, 0.15) is 0 Å². The lowest BCUT2D eigenvalue weighted by Gasteiger charge is -1.96. The molecule has 5 nitrogen and oxygen atoms in total. The van der Waals surface area contributed by atoms with Crippen LogP contribution < -0.4 is 5.32 Å². The summed E-state index contributed by atoms with van der Waals surface area (Å²) in [5.41, 5.74) is 0. The average Bonchev–Trinajstić information content (AvgIpc) is 2.52. The minimum atomic E-state index is -0.155. The van der Waals surface area contributed by atoms with Crippen molar-refractivity contribution in [2.75, 3.05) is 5.75 Å². The maximum absolute atomic E-state index is 10.6. The minimum absolute atomic E-state index is 0.155. The Morgan fingerprint density at radius 3 is 3.18 bits per heavy atom.